The van der Waals surface area contributed by atoms with Crippen molar-refractivity contribution in [1.29, 1.82) is 0 Å². The zero-order valence-corrected chi connectivity index (χ0v) is 9.92. The van der Waals surface area contributed by atoms with Gasteiger partial charge in [0.2, 0.25) is 0 Å². The van der Waals surface area contributed by atoms with Crippen LogP contribution in [0.15, 0.2) is 29.8 Å². The molecule has 0 fully saturated rings. The molecule has 0 saturated heterocycles. The maximum Gasteiger partial charge on any atom is 0.141 e. The minimum atomic E-state index is 0.835. The summed E-state index contributed by atoms with van der Waals surface area (Å²) in [6.45, 7) is 7.10. The van der Waals surface area contributed by atoms with Crippen LogP contribution in [0.3, 0.4) is 0 Å². The number of methoxy groups -OCH3 is 1. The molecule has 0 atom stereocenters. The normalized spacial score (nSPS) is 9.60. The summed E-state index contributed by atoms with van der Waals surface area (Å²) >= 11 is 0. The van der Waals surface area contributed by atoms with Gasteiger partial charge in [-0.2, -0.15) is 0 Å². The molecule has 0 amide bonds. The van der Waals surface area contributed by atoms with Crippen LogP contribution in [0.1, 0.15) is 19.4 Å². The highest BCUT2D eigenvalue weighted by Gasteiger charge is 2.00. The molecular weight excluding hydrogens is 186 g/mol. The molecule has 15 heavy (non-hydrogen) atoms. The number of hydrogen-bond acceptors (Lipinski definition) is 2. The van der Waals surface area contributed by atoms with E-state index in [1.807, 2.05) is 12.1 Å². The van der Waals surface area contributed by atoms with Crippen LogP contribution in [0.4, 0.5) is 5.69 Å². The Balaban J connectivity index is 2.74. The Kier molecular flexibility index (Phi) is 4.22. The summed E-state index contributed by atoms with van der Waals surface area (Å²) in [6, 6.07) is 6.13. The average molecular weight is 205 g/mol. The molecular formula is C13H19NO. The molecule has 1 aromatic carbocycles. The predicted octanol–water partition coefficient (Wildman–Crippen LogP) is 3.38. The van der Waals surface area contributed by atoms with Crippen LogP contribution < -0.4 is 10.1 Å². The number of aryl methyl sites for hydroxylation is 1. The lowest BCUT2D eigenvalue weighted by Crippen LogP contribution is -2.01. The molecule has 0 radical (unpaired) electrons. The fourth-order valence-corrected chi connectivity index (χ4v) is 1.33. The van der Waals surface area contributed by atoms with Gasteiger partial charge in [0.1, 0.15) is 5.75 Å². The third-order valence-electron chi connectivity index (χ3n) is 2.16. The maximum atomic E-state index is 5.27. The van der Waals surface area contributed by atoms with Crippen molar-refractivity contribution < 1.29 is 4.74 Å². The van der Waals surface area contributed by atoms with Crippen LogP contribution in [0.2, 0.25) is 0 Å². The lowest BCUT2D eigenvalue weighted by atomic mass is 10.2. The Bertz CT molecular complexity index is 352. The van der Waals surface area contributed by atoms with Gasteiger partial charge in [-0.15, -0.1) is 0 Å². The van der Waals surface area contributed by atoms with E-state index >= 15 is 0 Å². The third-order valence-corrected chi connectivity index (χ3v) is 2.16. The quantitative estimate of drug-likeness (QED) is 0.761. The van der Waals surface area contributed by atoms with E-state index in [0.29, 0.717) is 0 Å². The molecule has 0 heterocycles. The minimum Gasteiger partial charge on any atom is -0.495 e. The van der Waals surface area contributed by atoms with Gasteiger partial charge in [0.05, 0.1) is 12.8 Å². The van der Waals surface area contributed by atoms with Crippen LogP contribution in [0, 0.1) is 6.92 Å². The van der Waals surface area contributed by atoms with E-state index in [-0.39, 0.29) is 0 Å². The Morgan fingerprint density at radius 1 is 1.40 bits per heavy atom. The summed E-state index contributed by atoms with van der Waals surface area (Å²) in [5, 5.41) is 3.33. The topological polar surface area (TPSA) is 21.3 Å². The van der Waals surface area contributed by atoms with Crippen molar-refractivity contribution in [3.8, 4) is 5.75 Å². The van der Waals surface area contributed by atoms with Crippen molar-refractivity contribution in [2.24, 2.45) is 0 Å². The lowest BCUT2D eigenvalue weighted by molar-refractivity contribution is 0.416. The fraction of sp³-hybridized carbons (Fsp3) is 0.385. The molecule has 2 nitrogen and oxygen atoms in total. The van der Waals surface area contributed by atoms with Crippen molar-refractivity contribution >= 4 is 5.69 Å². The highest BCUT2D eigenvalue weighted by atomic mass is 16.5. The van der Waals surface area contributed by atoms with E-state index in [1.54, 1.807) is 7.11 Å². The molecule has 0 aliphatic rings. The summed E-state index contributed by atoms with van der Waals surface area (Å²) in [4.78, 5) is 0. The number of ether oxygens (including phenoxy) is 1. The maximum absolute atomic E-state index is 5.27. The van der Waals surface area contributed by atoms with Crippen LogP contribution in [-0.2, 0) is 0 Å². The Hall–Kier alpha value is -1.44. The number of rotatable bonds is 4. The molecule has 0 saturated carbocycles. The SMILES string of the molecule is COc1ccc(C)cc1NCC=C(C)C. The molecule has 0 spiro atoms. The molecule has 1 rings (SSSR count). The standard InChI is InChI=1S/C13H19NO/c1-10(2)7-8-14-12-9-11(3)5-6-13(12)15-4/h5-7,9,14H,8H2,1-4H3. The molecule has 1 aromatic rings. The summed E-state index contributed by atoms with van der Waals surface area (Å²) < 4.78 is 5.27. The van der Waals surface area contributed by atoms with Gasteiger partial charge in [-0.05, 0) is 38.5 Å². The second kappa shape index (κ2) is 5.44. The summed E-state index contributed by atoms with van der Waals surface area (Å²) in [5.41, 5.74) is 3.60. The first-order chi connectivity index (χ1) is 7.13. The first-order valence-electron chi connectivity index (χ1n) is 5.15. The van der Waals surface area contributed by atoms with Gasteiger partial charge in [-0.25, -0.2) is 0 Å². The van der Waals surface area contributed by atoms with Crippen molar-refractivity contribution in [3.63, 3.8) is 0 Å². The van der Waals surface area contributed by atoms with Crippen molar-refractivity contribution in [1.82, 2.24) is 0 Å². The van der Waals surface area contributed by atoms with Gasteiger partial charge in [-0.3, -0.25) is 0 Å². The predicted molar refractivity (Wildman–Crippen MR) is 65.7 cm³/mol. The second-order valence-corrected chi connectivity index (χ2v) is 3.87. The molecule has 1 N–H and O–H groups in total. The van der Waals surface area contributed by atoms with Gasteiger partial charge in [0.15, 0.2) is 0 Å². The third kappa shape index (κ3) is 3.66. The van der Waals surface area contributed by atoms with E-state index in [0.717, 1.165) is 18.0 Å². The summed E-state index contributed by atoms with van der Waals surface area (Å²) in [5.74, 6) is 0.891. The van der Waals surface area contributed by atoms with Crippen LogP contribution in [-0.4, -0.2) is 13.7 Å². The van der Waals surface area contributed by atoms with Gasteiger partial charge >= 0.3 is 0 Å². The molecule has 0 unspecified atom stereocenters. The number of benzene rings is 1. The Labute approximate surface area is 92.0 Å². The molecule has 82 valence electrons. The average Bonchev–Trinajstić information content (AvgIpc) is 2.17. The number of nitrogens with one attached hydrogen (secondary N) is 1. The van der Waals surface area contributed by atoms with Gasteiger partial charge < -0.3 is 10.1 Å². The second-order valence-electron chi connectivity index (χ2n) is 3.87. The zero-order valence-electron chi connectivity index (χ0n) is 9.92. The van der Waals surface area contributed by atoms with Crippen LogP contribution >= 0.6 is 0 Å². The van der Waals surface area contributed by atoms with Crippen molar-refractivity contribution in [2.75, 3.05) is 19.0 Å². The van der Waals surface area contributed by atoms with E-state index in [9.17, 15) is 0 Å². The highest BCUT2D eigenvalue weighted by Crippen LogP contribution is 2.24. The van der Waals surface area contributed by atoms with E-state index in [1.165, 1.54) is 11.1 Å². The largest absolute Gasteiger partial charge is 0.495 e. The minimum absolute atomic E-state index is 0.835. The molecule has 0 bridgehead atoms. The first kappa shape index (κ1) is 11.6. The molecule has 0 aliphatic heterocycles. The van der Waals surface area contributed by atoms with Crippen LogP contribution in [0.5, 0.6) is 5.75 Å². The lowest BCUT2D eigenvalue weighted by Gasteiger charge is -2.10. The van der Waals surface area contributed by atoms with Gasteiger partial charge in [0.25, 0.3) is 0 Å². The van der Waals surface area contributed by atoms with Crippen molar-refractivity contribution in [2.45, 2.75) is 20.8 Å². The van der Waals surface area contributed by atoms with Crippen molar-refractivity contribution in [3.05, 3.63) is 35.4 Å². The molecule has 2 heteroatoms. The molecule has 0 aliphatic carbocycles. The van der Waals surface area contributed by atoms with Gasteiger partial charge in [0, 0.05) is 6.54 Å². The number of allylic oxidation sites excluding steroid dienone is 1. The first-order valence-corrected chi connectivity index (χ1v) is 5.15. The summed E-state index contributed by atoms with van der Waals surface area (Å²) in [7, 11) is 1.69. The Morgan fingerprint density at radius 2 is 2.13 bits per heavy atom. The number of anilines is 1. The van der Waals surface area contributed by atoms with E-state index in [2.05, 4.69) is 38.2 Å². The monoisotopic (exact) mass is 205 g/mol. The Morgan fingerprint density at radius 3 is 2.73 bits per heavy atom. The van der Waals surface area contributed by atoms with E-state index < -0.39 is 0 Å². The highest BCUT2D eigenvalue weighted by molar-refractivity contribution is 5.58. The zero-order chi connectivity index (χ0) is 11.3. The summed E-state index contributed by atoms with van der Waals surface area (Å²) in [6.07, 6.45) is 2.15. The fourth-order valence-electron chi connectivity index (χ4n) is 1.33. The smallest absolute Gasteiger partial charge is 0.141 e. The molecule has 0 aromatic heterocycles. The van der Waals surface area contributed by atoms with Gasteiger partial charge in [-0.1, -0.05) is 17.7 Å². The number of hydrogen-bond donors (Lipinski definition) is 1. The van der Waals surface area contributed by atoms with E-state index in [4.69, 9.17) is 4.74 Å². The van der Waals surface area contributed by atoms with Crippen LogP contribution in [0.25, 0.3) is 0 Å².